The number of aliphatic hydroxyl groups is 1. The summed E-state index contributed by atoms with van der Waals surface area (Å²) in [6.45, 7) is 9.78. The largest absolute Gasteiger partial charge is 0.392 e. The lowest BCUT2D eigenvalue weighted by Crippen LogP contribution is -2.27. The second-order valence-electron chi connectivity index (χ2n) is 12.0. The Labute approximate surface area is 260 Å². The fourth-order valence-corrected chi connectivity index (χ4v) is 5.30. The molecule has 0 bridgehead atoms. The third kappa shape index (κ3) is 6.48. The van der Waals surface area contributed by atoms with Crippen molar-refractivity contribution in [2.24, 2.45) is 7.05 Å². The summed E-state index contributed by atoms with van der Waals surface area (Å²) in [5.74, 6) is 5.55. The van der Waals surface area contributed by atoms with Crippen molar-refractivity contribution < 1.29 is 9.50 Å². The number of hydrogen-bond donors (Lipinski definition) is 3. The van der Waals surface area contributed by atoms with E-state index in [1.807, 2.05) is 20.8 Å². The Morgan fingerprint density at radius 2 is 1.98 bits per heavy atom. The van der Waals surface area contributed by atoms with Gasteiger partial charge in [-0.3, -0.25) is 19.9 Å². The summed E-state index contributed by atoms with van der Waals surface area (Å²) in [5.41, 5.74) is 1.46. The van der Waals surface area contributed by atoms with Crippen LogP contribution in [0.5, 0.6) is 0 Å². The van der Waals surface area contributed by atoms with Crippen LogP contribution in [0.2, 0.25) is 0 Å². The minimum absolute atomic E-state index is 0.00815. The first-order chi connectivity index (χ1) is 21.4. The molecule has 45 heavy (non-hydrogen) atoms. The number of rotatable bonds is 6. The second kappa shape index (κ2) is 12.6. The van der Waals surface area contributed by atoms with Gasteiger partial charge in [0.15, 0.2) is 0 Å². The highest BCUT2D eigenvalue weighted by Crippen LogP contribution is 2.29. The van der Waals surface area contributed by atoms with Gasteiger partial charge in [0.25, 0.3) is 11.1 Å². The highest BCUT2D eigenvalue weighted by molar-refractivity contribution is 6.02. The fourth-order valence-electron chi connectivity index (χ4n) is 5.30. The number of halogens is 1. The molecule has 2 aromatic carbocycles. The normalized spacial score (nSPS) is 14.7. The molecule has 1 aliphatic rings. The SMILES string of the molecule is CCN1CCC#C/C(=C\C(=N)Nc2cc(-c3cccc(-n4ncc5cc(C(C)(C)C)cc(F)c5c4=O)c3CO)nn(C)c2=O)C1. The van der Waals surface area contributed by atoms with Gasteiger partial charge in [-0.05, 0) is 47.9 Å². The summed E-state index contributed by atoms with van der Waals surface area (Å²) in [5, 5.41) is 30.9. The number of aliphatic hydroxyl groups excluding tert-OH is 1. The van der Waals surface area contributed by atoms with Crippen molar-refractivity contribution in [3.05, 3.63) is 91.9 Å². The molecule has 0 atom stereocenters. The predicted molar refractivity (Wildman–Crippen MR) is 174 cm³/mol. The number of aromatic nitrogens is 4. The van der Waals surface area contributed by atoms with Gasteiger partial charge in [-0.2, -0.15) is 14.9 Å². The van der Waals surface area contributed by atoms with Crippen molar-refractivity contribution in [2.45, 2.75) is 46.1 Å². The van der Waals surface area contributed by atoms with Gasteiger partial charge in [-0.1, -0.05) is 51.7 Å². The molecule has 3 N–H and O–H groups in total. The van der Waals surface area contributed by atoms with Gasteiger partial charge in [0.05, 0.1) is 29.6 Å². The van der Waals surface area contributed by atoms with Crippen molar-refractivity contribution in [1.82, 2.24) is 24.5 Å². The summed E-state index contributed by atoms with van der Waals surface area (Å²) in [6, 6.07) is 9.59. The molecule has 10 nitrogen and oxygen atoms in total. The van der Waals surface area contributed by atoms with Crippen LogP contribution in [0.25, 0.3) is 27.7 Å². The molecule has 0 fully saturated rings. The summed E-state index contributed by atoms with van der Waals surface area (Å²) >= 11 is 0. The van der Waals surface area contributed by atoms with Crippen LogP contribution < -0.4 is 16.4 Å². The Hall–Kier alpha value is -4.92. The van der Waals surface area contributed by atoms with E-state index in [1.165, 1.54) is 25.4 Å². The zero-order valence-electron chi connectivity index (χ0n) is 26.0. The van der Waals surface area contributed by atoms with E-state index in [0.717, 1.165) is 40.0 Å². The van der Waals surface area contributed by atoms with Gasteiger partial charge in [0.2, 0.25) is 0 Å². The molecule has 0 unspecified atom stereocenters. The average molecular weight is 610 g/mol. The smallest absolute Gasteiger partial charge is 0.290 e. The van der Waals surface area contributed by atoms with Crippen LogP contribution in [0, 0.1) is 23.1 Å². The van der Waals surface area contributed by atoms with E-state index >= 15 is 4.39 Å². The summed E-state index contributed by atoms with van der Waals surface area (Å²) in [7, 11) is 1.49. The van der Waals surface area contributed by atoms with Crippen molar-refractivity contribution >= 4 is 22.3 Å². The molecule has 0 saturated carbocycles. The van der Waals surface area contributed by atoms with Crippen LogP contribution in [0.15, 0.2) is 63.8 Å². The molecule has 5 rings (SSSR count). The van der Waals surface area contributed by atoms with Crippen molar-refractivity contribution in [1.29, 1.82) is 5.41 Å². The standard InChI is InChI=1S/C34H36FN7O3/c1-6-41-13-8-7-10-21(19-41)14-30(36)38-28-17-27(39-40(5)32(28)44)24-11-9-12-29(25(24)20-43)42-33(45)31-22(18-37-42)15-23(16-26(31)35)34(2,3)4/h9,11-12,14-18,43H,6,8,13,19-20H2,1-5H3,(H2,36,38)/b21-14+. The highest BCUT2D eigenvalue weighted by Gasteiger charge is 2.21. The van der Waals surface area contributed by atoms with Gasteiger partial charge >= 0.3 is 0 Å². The highest BCUT2D eigenvalue weighted by atomic mass is 19.1. The number of hydrogen-bond acceptors (Lipinski definition) is 7. The Bertz CT molecular complexity index is 2030. The van der Waals surface area contributed by atoms with E-state index in [1.54, 1.807) is 30.3 Å². The lowest BCUT2D eigenvalue weighted by atomic mass is 9.86. The van der Waals surface area contributed by atoms with Crippen LogP contribution in [0.1, 0.15) is 45.2 Å². The Balaban J connectivity index is 1.56. The Kier molecular flexibility index (Phi) is 8.82. The minimum Gasteiger partial charge on any atom is -0.392 e. The van der Waals surface area contributed by atoms with Gasteiger partial charge < -0.3 is 10.4 Å². The van der Waals surface area contributed by atoms with Gasteiger partial charge in [-0.25, -0.2) is 9.07 Å². The molecule has 0 aliphatic carbocycles. The maximum atomic E-state index is 15.3. The fraction of sp³-hybridized carbons (Fsp3) is 0.324. The van der Waals surface area contributed by atoms with Crippen LogP contribution >= 0.6 is 0 Å². The van der Waals surface area contributed by atoms with Crippen LogP contribution in [0.4, 0.5) is 10.1 Å². The van der Waals surface area contributed by atoms with Crippen LogP contribution in [-0.4, -0.2) is 55.0 Å². The third-order valence-corrected chi connectivity index (χ3v) is 7.81. The zero-order valence-corrected chi connectivity index (χ0v) is 26.0. The first-order valence-corrected chi connectivity index (χ1v) is 14.7. The molecule has 4 aromatic rings. The first-order valence-electron chi connectivity index (χ1n) is 14.7. The van der Waals surface area contributed by atoms with E-state index in [2.05, 4.69) is 39.2 Å². The Morgan fingerprint density at radius 1 is 1.20 bits per heavy atom. The number of benzene rings is 2. The van der Waals surface area contributed by atoms with E-state index in [9.17, 15) is 14.7 Å². The van der Waals surface area contributed by atoms with Gasteiger partial charge in [0.1, 0.15) is 17.3 Å². The third-order valence-electron chi connectivity index (χ3n) is 7.81. The molecule has 2 aromatic heterocycles. The lowest BCUT2D eigenvalue weighted by Gasteiger charge is -2.20. The topological polar surface area (TPSA) is 129 Å². The minimum atomic E-state index is -0.669. The molecule has 232 valence electrons. The van der Waals surface area contributed by atoms with E-state index in [0.29, 0.717) is 28.8 Å². The molecule has 3 heterocycles. The zero-order chi connectivity index (χ0) is 32.5. The van der Waals surface area contributed by atoms with Gasteiger partial charge in [-0.15, -0.1) is 0 Å². The number of aryl methyl sites for hydroxylation is 1. The number of nitrogens with zero attached hydrogens (tertiary/aromatic N) is 5. The number of nitrogens with one attached hydrogen (secondary N) is 2. The summed E-state index contributed by atoms with van der Waals surface area (Å²) in [6.07, 6.45) is 3.80. The molecule has 0 radical (unpaired) electrons. The van der Waals surface area contributed by atoms with E-state index < -0.39 is 23.5 Å². The van der Waals surface area contributed by atoms with Crippen molar-refractivity contribution in [3.63, 3.8) is 0 Å². The molecule has 0 spiro atoms. The Morgan fingerprint density at radius 3 is 2.69 bits per heavy atom. The molecule has 11 heteroatoms. The summed E-state index contributed by atoms with van der Waals surface area (Å²) in [4.78, 5) is 28.8. The second-order valence-corrected chi connectivity index (χ2v) is 12.0. The first kappa shape index (κ1) is 31.5. The molecular formula is C34H36FN7O3. The number of amidine groups is 1. The van der Waals surface area contributed by atoms with E-state index in [4.69, 9.17) is 5.41 Å². The van der Waals surface area contributed by atoms with Crippen LogP contribution in [-0.2, 0) is 19.1 Å². The van der Waals surface area contributed by atoms with Gasteiger partial charge in [0, 0.05) is 48.6 Å². The molecule has 1 aliphatic heterocycles. The molecule has 0 saturated heterocycles. The van der Waals surface area contributed by atoms with E-state index in [-0.39, 0.29) is 28.0 Å². The number of likely N-dealkylation sites (N-methyl/N-ethyl adjacent to an activating group) is 1. The maximum Gasteiger partial charge on any atom is 0.290 e. The number of fused-ring (bicyclic) bond motifs is 1. The molecular weight excluding hydrogens is 573 g/mol. The predicted octanol–water partition coefficient (Wildman–Crippen LogP) is 4.12. The maximum absolute atomic E-state index is 15.3. The lowest BCUT2D eigenvalue weighted by molar-refractivity contribution is 0.281. The molecule has 0 amide bonds. The number of anilines is 1. The van der Waals surface area contributed by atoms with Crippen molar-refractivity contribution in [3.8, 4) is 28.8 Å². The van der Waals surface area contributed by atoms with Crippen LogP contribution in [0.3, 0.4) is 0 Å². The monoisotopic (exact) mass is 609 g/mol. The quantitative estimate of drug-likeness (QED) is 0.170. The summed E-state index contributed by atoms with van der Waals surface area (Å²) < 4.78 is 17.5. The average Bonchev–Trinajstić information content (AvgIpc) is 3.23. The van der Waals surface area contributed by atoms with Crippen molar-refractivity contribution in [2.75, 3.05) is 25.0 Å².